The Balaban J connectivity index is 1.70. The summed E-state index contributed by atoms with van der Waals surface area (Å²) in [5.41, 5.74) is 3.96. The third-order valence-electron chi connectivity index (χ3n) is 8.10. The molecule has 3 aliphatic rings. The van der Waals surface area contributed by atoms with E-state index in [0.29, 0.717) is 41.6 Å². The molecule has 3 nitrogen and oxygen atoms in total. The molecule has 3 rings (SSSR count). The number of hydrogen-bond donors (Lipinski definition) is 2. The molecule has 0 heterocycles. The summed E-state index contributed by atoms with van der Waals surface area (Å²) in [5, 5.41) is 20.2. The van der Waals surface area contributed by atoms with Crippen molar-refractivity contribution in [2.24, 2.45) is 22.7 Å². The Hall–Kier alpha value is -0.900. The van der Waals surface area contributed by atoms with E-state index in [1.54, 1.807) is 5.57 Å². The second kappa shape index (κ2) is 9.30. The third-order valence-corrected chi connectivity index (χ3v) is 8.10. The fourth-order valence-corrected chi connectivity index (χ4v) is 6.18. The van der Waals surface area contributed by atoms with E-state index in [9.17, 15) is 10.2 Å². The van der Waals surface area contributed by atoms with Crippen molar-refractivity contribution in [2.45, 2.75) is 104 Å². The van der Waals surface area contributed by atoms with Crippen LogP contribution < -0.4 is 0 Å². The van der Waals surface area contributed by atoms with Crippen molar-refractivity contribution >= 4 is 0 Å². The maximum atomic E-state index is 10.1. The topological polar surface area (TPSA) is 49.7 Å². The number of fused-ring (bicyclic) bond motifs is 1. The average Bonchev–Trinajstić information content (AvgIpc) is 3.00. The van der Waals surface area contributed by atoms with Crippen molar-refractivity contribution in [3.05, 3.63) is 35.5 Å². The van der Waals surface area contributed by atoms with E-state index in [4.69, 9.17) is 4.74 Å². The van der Waals surface area contributed by atoms with Crippen molar-refractivity contribution < 1.29 is 14.9 Å². The SMILES string of the molecule is C=C1/C(=C\C=C2/CCC[C@@]3(C)C2CC[C@@H]3[C@H](C)OCCC(C)(C)C)C[C@@H](O)C[C@@H]1O. The molecule has 0 aromatic carbocycles. The highest BCUT2D eigenvalue weighted by Gasteiger charge is 2.51. The van der Waals surface area contributed by atoms with Crippen LogP contribution >= 0.6 is 0 Å². The number of rotatable bonds is 5. The minimum Gasteiger partial charge on any atom is -0.393 e. The molecule has 3 heteroatoms. The largest absolute Gasteiger partial charge is 0.393 e. The molecule has 30 heavy (non-hydrogen) atoms. The molecule has 0 aromatic rings. The highest BCUT2D eigenvalue weighted by molar-refractivity contribution is 5.38. The van der Waals surface area contributed by atoms with Gasteiger partial charge in [0, 0.05) is 13.0 Å². The van der Waals surface area contributed by atoms with E-state index in [0.717, 1.165) is 30.6 Å². The van der Waals surface area contributed by atoms with Crippen LogP contribution in [0.15, 0.2) is 35.5 Å². The van der Waals surface area contributed by atoms with Gasteiger partial charge in [-0.05, 0) is 85.7 Å². The summed E-state index contributed by atoms with van der Waals surface area (Å²) >= 11 is 0. The van der Waals surface area contributed by atoms with Gasteiger partial charge in [-0.1, -0.05) is 52.0 Å². The van der Waals surface area contributed by atoms with Crippen LogP contribution in [0.4, 0.5) is 0 Å². The van der Waals surface area contributed by atoms with Gasteiger partial charge in [0.25, 0.3) is 0 Å². The summed E-state index contributed by atoms with van der Waals surface area (Å²) in [7, 11) is 0. The number of hydrogen-bond acceptors (Lipinski definition) is 3. The molecule has 6 atom stereocenters. The van der Waals surface area contributed by atoms with Gasteiger partial charge < -0.3 is 14.9 Å². The Morgan fingerprint density at radius 2 is 1.97 bits per heavy atom. The number of aliphatic hydroxyl groups is 2. The van der Waals surface area contributed by atoms with Crippen LogP contribution in [0.25, 0.3) is 0 Å². The number of allylic oxidation sites excluding steroid dienone is 3. The summed E-state index contributed by atoms with van der Waals surface area (Å²) in [6, 6.07) is 0. The minimum absolute atomic E-state index is 0.309. The van der Waals surface area contributed by atoms with Crippen LogP contribution in [-0.4, -0.2) is 35.1 Å². The van der Waals surface area contributed by atoms with Gasteiger partial charge in [-0.25, -0.2) is 0 Å². The second-order valence-electron chi connectivity index (χ2n) is 11.6. The first-order chi connectivity index (χ1) is 14.0. The zero-order chi connectivity index (χ0) is 22.1. The first-order valence-electron chi connectivity index (χ1n) is 12.1. The molecule has 0 spiro atoms. The maximum absolute atomic E-state index is 10.1. The standard InChI is InChI=1S/C27H44O3/c1-18-21(16-22(28)17-25(18)29)10-9-20-8-7-13-27(6)23(11-12-24(20)27)19(2)30-15-14-26(3,4)5/h9-10,19,22-25,28-29H,1,7-8,11-17H2,2-6H3/b20-9+,21-10-/t19-,22+,23+,24?,25-,27+/m0/s1. The molecule has 170 valence electrons. The molecule has 3 saturated carbocycles. The van der Waals surface area contributed by atoms with Crippen LogP contribution in [0.5, 0.6) is 0 Å². The monoisotopic (exact) mass is 416 g/mol. The Morgan fingerprint density at radius 3 is 2.67 bits per heavy atom. The van der Waals surface area contributed by atoms with Gasteiger partial charge in [0.1, 0.15) is 0 Å². The average molecular weight is 417 g/mol. The molecular weight excluding hydrogens is 372 g/mol. The van der Waals surface area contributed by atoms with Gasteiger partial charge in [-0.2, -0.15) is 0 Å². The molecule has 0 amide bonds. The first kappa shape index (κ1) is 23.8. The highest BCUT2D eigenvalue weighted by Crippen LogP contribution is 2.58. The fourth-order valence-electron chi connectivity index (χ4n) is 6.18. The van der Waals surface area contributed by atoms with Gasteiger partial charge in [0.05, 0.1) is 18.3 Å². The van der Waals surface area contributed by atoms with Crippen molar-refractivity contribution in [1.82, 2.24) is 0 Å². The molecular formula is C27H44O3. The molecule has 0 aromatic heterocycles. The van der Waals surface area contributed by atoms with E-state index < -0.39 is 12.2 Å². The minimum atomic E-state index is -0.614. The normalized spacial score (nSPS) is 38.8. The van der Waals surface area contributed by atoms with E-state index in [1.807, 2.05) is 0 Å². The highest BCUT2D eigenvalue weighted by atomic mass is 16.5. The van der Waals surface area contributed by atoms with Crippen molar-refractivity contribution in [1.29, 1.82) is 0 Å². The van der Waals surface area contributed by atoms with Crippen LogP contribution in [-0.2, 0) is 4.74 Å². The van der Waals surface area contributed by atoms with Gasteiger partial charge in [0.15, 0.2) is 0 Å². The van der Waals surface area contributed by atoms with E-state index in [1.165, 1.54) is 25.7 Å². The van der Waals surface area contributed by atoms with Crippen LogP contribution in [0.1, 0.15) is 86.0 Å². The van der Waals surface area contributed by atoms with E-state index >= 15 is 0 Å². The molecule has 1 unspecified atom stereocenters. The van der Waals surface area contributed by atoms with E-state index in [-0.39, 0.29) is 0 Å². The molecule has 3 fully saturated rings. The zero-order valence-electron chi connectivity index (χ0n) is 19.9. The van der Waals surface area contributed by atoms with Crippen LogP contribution in [0.3, 0.4) is 0 Å². The zero-order valence-corrected chi connectivity index (χ0v) is 19.9. The molecule has 0 saturated heterocycles. The maximum Gasteiger partial charge on any atom is 0.0811 e. The van der Waals surface area contributed by atoms with E-state index in [2.05, 4.69) is 53.3 Å². The lowest BCUT2D eigenvalue weighted by Gasteiger charge is -2.44. The Bertz CT molecular complexity index is 683. The Kier molecular flexibility index (Phi) is 7.37. The summed E-state index contributed by atoms with van der Waals surface area (Å²) in [6.45, 7) is 16.5. The van der Waals surface area contributed by atoms with Crippen LogP contribution in [0.2, 0.25) is 0 Å². The van der Waals surface area contributed by atoms with Gasteiger partial charge in [0.2, 0.25) is 0 Å². The van der Waals surface area contributed by atoms with Crippen molar-refractivity contribution in [3.8, 4) is 0 Å². The lowest BCUT2D eigenvalue weighted by Crippen LogP contribution is -2.39. The Morgan fingerprint density at radius 1 is 1.23 bits per heavy atom. The summed E-state index contributed by atoms with van der Waals surface area (Å²) < 4.78 is 6.35. The number of ether oxygens (including phenoxy) is 1. The smallest absolute Gasteiger partial charge is 0.0811 e. The Labute approximate surface area is 184 Å². The first-order valence-corrected chi connectivity index (χ1v) is 12.1. The quantitative estimate of drug-likeness (QED) is 0.580. The van der Waals surface area contributed by atoms with Gasteiger partial charge in [-0.15, -0.1) is 0 Å². The molecule has 2 N–H and O–H groups in total. The van der Waals surface area contributed by atoms with Gasteiger partial charge >= 0.3 is 0 Å². The fraction of sp³-hybridized carbons (Fsp3) is 0.778. The number of aliphatic hydroxyl groups excluding tert-OH is 2. The van der Waals surface area contributed by atoms with Crippen LogP contribution in [0, 0.1) is 22.7 Å². The summed E-state index contributed by atoms with van der Waals surface area (Å²) in [4.78, 5) is 0. The summed E-state index contributed by atoms with van der Waals surface area (Å²) in [5.74, 6) is 1.24. The van der Waals surface area contributed by atoms with Gasteiger partial charge in [-0.3, -0.25) is 0 Å². The second-order valence-corrected chi connectivity index (χ2v) is 11.6. The molecule has 3 aliphatic carbocycles. The predicted molar refractivity (Wildman–Crippen MR) is 124 cm³/mol. The lowest BCUT2D eigenvalue weighted by molar-refractivity contribution is -0.0318. The molecule has 0 bridgehead atoms. The third kappa shape index (κ3) is 5.29. The lowest BCUT2D eigenvalue weighted by atomic mass is 9.62. The van der Waals surface area contributed by atoms with Crippen molar-refractivity contribution in [2.75, 3.05) is 6.61 Å². The van der Waals surface area contributed by atoms with Crippen molar-refractivity contribution in [3.63, 3.8) is 0 Å². The molecule has 0 aliphatic heterocycles. The molecule has 0 radical (unpaired) electrons. The summed E-state index contributed by atoms with van der Waals surface area (Å²) in [6.07, 6.45) is 11.9. The predicted octanol–water partition coefficient (Wildman–Crippen LogP) is 5.97.